The van der Waals surface area contributed by atoms with E-state index in [1.54, 1.807) is 0 Å². The van der Waals surface area contributed by atoms with Crippen molar-refractivity contribution >= 4 is 27.7 Å². The van der Waals surface area contributed by atoms with Crippen LogP contribution in [0.2, 0.25) is 0 Å². The average molecular weight is 290 g/mol. The van der Waals surface area contributed by atoms with Gasteiger partial charge in [-0.3, -0.25) is 4.68 Å². The summed E-state index contributed by atoms with van der Waals surface area (Å²) in [6.07, 6.45) is 3.08. The van der Waals surface area contributed by atoms with Crippen molar-refractivity contribution in [2.75, 3.05) is 11.5 Å². The third-order valence-corrected chi connectivity index (χ3v) is 4.72. The summed E-state index contributed by atoms with van der Waals surface area (Å²) in [5.74, 6) is 3.03. The second-order valence-electron chi connectivity index (χ2n) is 3.84. The lowest BCUT2D eigenvalue weighted by atomic mass is 9.97. The first kappa shape index (κ1) is 11.5. The van der Waals surface area contributed by atoms with Gasteiger partial charge >= 0.3 is 0 Å². The molecule has 2 unspecified atom stereocenters. The summed E-state index contributed by atoms with van der Waals surface area (Å²) < 4.78 is 3.05. The Labute approximate surface area is 103 Å². The fourth-order valence-corrected chi connectivity index (χ4v) is 3.89. The molecule has 1 aromatic rings. The van der Waals surface area contributed by atoms with Crippen LogP contribution in [0.3, 0.4) is 0 Å². The molecule has 3 nitrogen and oxygen atoms in total. The first-order valence-electron chi connectivity index (χ1n) is 5.28. The molecule has 0 saturated carbocycles. The third kappa shape index (κ3) is 2.24. The molecule has 0 aromatic carbocycles. The Morgan fingerprint density at radius 3 is 3.20 bits per heavy atom. The van der Waals surface area contributed by atoms with Crippen LogP contribution >= 0.6 is 27.7 Å². The lowest BCUT2D eigenvalue weighted by Crippen LogP contribution is -2.24. The van der Waals surface area contributed by atoms with Gasteiger partial charge in [-0.1, -0.05) is 0 Å². The average Bonchev–Trinajstić information content (AvgIpc) is 2.85. The van der Waals surface area contributed by atoms with E-state index in [1.807, 2.05) is 22.6 Å². The SMILES string of the molecule is CCn1ncc(Br)c1C(N)C1CCSC1. The molecule has 1 aliphatic heterocycles. The number of aromatic nitrogens is 2. The number of hydrogen-bond donors (Lipinski definition) is 1. The quantitative estimate of drug-likeness (QED) is 0.929. The monoisotopic (exact) mass is 289 g/mol. The Morgan fingerprint density at radius 1 is 1.80 bits per heavy atom. The van der Waals surface area contributed by atoms with Gasteiger partial charge in [0.05, 0.1) is 22.4 Å². The molecule has 2 heterocycles. The summed E-state index contributed by atoms with van der Waals surface area (Å²) in [6.45, 7) is 2.98. The predicted octanol–water partition coefficient (Wildman–Crippen LogP) is 2.42. The second kappa shape index (κ2) is 4.89. The molecule has 2 rings (SSSR count). The highest BCUT2D eigenvalue weighted by molar-refractivity contribution is 9.10. The molecule has 0 aliphatic carbocycles. The van der Waals surface area contributed by atoms with Gasteiger partial charge in [0, 0.05) is 6.54 Å². The number of thioether (sulfide) groups is 1. The van der Waals surface area contributed by atoms with E-state index in [9.17, 15) is 0 Å². The van der Waals surface area contributed by atoms with Gasteiger partial charge in [0.25, 0.3) is 0 Å². The summed E-state index contributed by atoms with van der Waals surface area (Å²) >= 11 is 5.54. The molecule has 2 atom stereocenters. The summed E-state index contributed by atoms with van der Waals surface area (Å²) in [4.78, 5) is 0. The number of hydrogen-bond acceptors (Lipinski definition) is 3. The fourth-order valence-electron chi connectivity index (χ4n) is 2.01. The van der Waals surface area contributed by atoms with Crippen LogP contribution in [0.1, 0.15) is 25.1 Å². The molecular formula is C10H16BrN3S. The number of nitrogens with zero attached hydrogens (tertiary/aromatic N) is 2. The smallest absolute Gasteiger partial charge is 0.0696 e. The first-order chi connectivity index (χ1) is 7.24. The predicted molar refractivity (Wildman–Crippen MR) is 68.0 cm³/mol. The van der Waals surface area contributed by atoms with Crippen LogP contribution in [-0.2, 0) is 6.54 Å². The molecule has 1 aliphatic rings. The lowest BCUT2D eigenvalue weighted by Gasteiger charge is -2.19. The molecule has 1 fully saturated rings. The molecule has 1 aromatic heterocycles. The van der Waals surface area contributed by atoms with Crippen LogP contribution in [-0.4, -0.2) is 21.3 Å². The Kier molecular flexibility index (Phi) is 3.74. The van der Waals surface area contributed by atoms with Gasteiger partial charge in [-0.2, -0.15) is 16.9 Å². The number of halogens is 1. The second-order valence-corrected chi connectivity index (χ2v) is 5.85. The zero-order valence-corrected chi connectivity index (χ0v) is 11.2. The number of aryl methyl sites for hydroxylation is 1. The standard InChI is InChI=1S/C10H16BrN3S/c1-2-14-10(8(11)5-13-14)9(12)7-3-4-15-6-7/h5,7,9H,2-4,6,12H2,1H3. The maximum Gasteiger partial charge on any atom is 0.0696 e. The van der Waals surface area contributed by atoms with Crippen LogP contribution in [0.5, 0.6) is 0 Å². The zero-order valence-electron chi connectivity index (χ0n) is 8.82. The van der Waals surface area contributed by atoms with Crippen LogP contribution in [0.25, 0.3) is 0 Å². The molecule has 1 saturated heterocycles. The summed E-state index contributed by atoms with van der Waals surface area (Å²) in [5.41, 5.74) is 7.48. The van der Waals surface area contributed by atoms with E-state index < -0.39 is 0 Å². The third-order valence-electron chi connectivity index (χ3n) is 2.92. The van der Waals surface area contributed by atoms with Gasteiger partial charge in [-0.15, -0.1) is 0 Å². The van der Waals surface area contributed by atoms with Crippen LogP contribution in [0.15, 0.2) is 10.7 Å². The van der Waals surface area contributed by atoms with Crippen molar-refractivity contribution in [2.45, 2.75) is 25.9 Å². The minimum absolute atomic E-state index is 0.122. The summed E-state index contributed by atoms with van der Waals surface area (Å²) in [6, 6.07) is 0.122. The van der Waals surface area contributed by atoms with Gasteiger partial charge in [0.1, 0.15) is 0 Å². The Bertz CT molecular complexity index is 333. The van der Waals surface area contributed by atoms with Crippen LogP contribution in [0.4, 0.5) is 0 Å². The molecule has 15 heavy (non-hydrogen) atoms. The zero-order chi connectivity index (χ0) is 10.8. The minimum Gasteiger partial charge on any atom is -0.322 e. The van der Waals surface area contributed by atoms with Gasteiger partial charge in [-0.05, 0) is 46.7 Å². The van der Waals surface area contributed by atoms with Crippen molar-refractivity contribution in [3.63, 3.8) is 0 Å². The molecule has 5 heteroatoms. The largest absolute Gasteiger partial charge is 0.322 e. The van der Waals surface area contributed by atoms with Gasteiger partial charge in [-0.25, -0.2) is 0 Å². The Hall–Kier alpha value is -0.0000000000000000555. The normalized spacial score (nSPS) is 23.3. The fraction of sp³-hybridized carbons (Fsp3) is 0.700. The van der Waals surface area contributed by atoms with Crippen molar-refractivity contribution in [1.29, 1.82) is 0 Å². The van der Waals surface area contributed by atoms with E-state index in [-0.39, 0.29) is 6.04 Å². The van der Waals surface area contributed by atoms with Gasteiger partial charge in [0.2, 0.25) is 0 Å². The summed E-state index contributed by atoms with van der Waals surface area (Å²) in [5, 5.41) is 4.31. The van der Waals surface area contributed by atoms with E-state index in [1.165, 1.54) is 17.9 Å². The molecule has 0 bridgehead atoms. The minimum atomic E-state index is 0.122. The molecule has 84 valence electrons. The molecule has 0 spiro atoms. The highest BCUT2D eigenvalue weighted by atomic mass is 79.9. The van der Waals surface area contributed by atoms with Crippen molar-refractivity contribution in [3.8, 4) is 0 Å². The van der Waals surface area contributed by atoms with Gasteiger partial charge in [0.15, 0.2) is 0 Å². The maximum absolute atomic E-state index is 6.32. The topological polar surface area (TPSA) is 43.8 Å². The van der Waals surface area contributed by atoms with Crippen molar-refractivity contribution in [2.24, 2.45) is 11.7 Å². The Morgan fingerprint density at radius 2 is 2.60 bits per heavy atom. The van der Waals surface area contributed by atoms with E-state index in [0.29, 0.717) is 5.92 Å². The molecular weight excluding hydrogens is 274 g/mol. The van der Waals surface area contributed by atoms with Crippen molar-refractivity contribution < 1.29 is 0 Å². The van der Waals surface area contributed by atoms with Crippen LogP contribution in [0, 0.1) is 5.92 Å². The van der Waals surface area contributed by atoms with E-state index in [2.05, 4.69) is 28.0 Å². The van der Waals surface area contributed by atoms with Crippen LogP contribution < -0.4 is 5.73 Å². The maximum atomic E-state index is 6.32. The Balaban J connectivity index is 2.22. The first-order valence-corrected chi connectivity index (χ1v) is 7.23. The molecule has 0 amide bonds. The number of rotatable bonds is 3. The van der Waals surface area contributed by atoms with E-state index in [4.69, 9.17) is 5.73 Å². The van der Waals surface area contributed by atoms with Crippen molar-refractivity contribution in [1.82, 2.24) is 9.78 Å². The lowest BCUT2D eigenvalue weighted by molar-refractivity contribution is 0.443. The van der Waals surface area contributed by atoms with Gasteiger partial charge < -0.3 is 5.73 Å². The van der Waals surface area contributed by atoms with E-state index in [0.717, 1.165) is 16.7 Å². The van der Waals surface area contributed by atoms with E-state index >= 15 is 0 Å². The highest BCUT2D eigenvalue weighted by Gasteiger charge is 2.27. The van der Waals surface area contributed by atoms with Crippen molar-refractivity contribution in [3.05, 3.63) is 16.4 Å². The molecule has 0 radical (unpaired) electrons. The summed E-state index contributed by atoms with van der Waals surface area (Å²) in [7, 11) is 0. The molecule has 2 N–H and O–H groups in total. The highest BCUT2D eigenvalue weighted by Crippen LogP contribution is 2.35. The number of nitrogens with two attached hydrogens (primary N) is 1.